The van der Waals surface area contributed by atoms with Gasteiger partial charge >= 0.3 is 0 Å². The summed E-state index contributed by atoms with van der Waals surface area (Å²) in [5, 5.41) is 3.69. The average Bonchev–Trinajstić information content (AvgIpc) is 3.24. The molecule has 0 bridgehead atoms. The van der Waals surface area contributed by atoms with E-state index >= 15 is 0 Å². The molecule has 106 valence electrons. The van der Waals surface area contributed by atoms with Crippen LogP contribution in [0, 0.1) is 6.92 Å². The maximum absolute atomic E-state index is 3.69. The molecule has 1 saturated carbocycles. The lowest BCUT2D eigenvalue weighted by atomic mass is 10.0. The number of hydrogen-bond donors (Lipinski definition) is 1. The fraction of sp³-hybridized carbons (Fsp3) is 0.647. The molecule has 2 heteroatoms. The smallest absolute Gasteiger partial charge is 0.0332 e. The molecule has 2 rings (SSSR count). The van der Waals surface area contributed by atoms with Crippen molar-refractivity contribution in [2.24, 2.45) is 0 Å². The van der Waals surface area contributed by atoms with Crippen molar-refractivity contribution < 1.29 is 0 Å². The second kappa shape index (κ2) is 7.06. The van der Waals surface area contributed by atoms with E-state index in [9.17, 15) is 0 Å². The quantitative estimate of drug-likeness (QED) is 0.769. The molecule has 1 aromatic rings. The van der Waals surface area contributed by atoms with E-state index in [0.29, 0.717) is 6.04 Å². The van der Waals surface area contributed by atoms with Crippen LogP contribution >= 0.6 is 0 Å². The lowest BCUT2D eigenvalue weighted by Gasteiger charge is -2.23. The van der Waals surface area contributed by atoms with Gasteiger partial charge in [0.05, 0.1) is 0 Å². The van der Waals surface area contributed by atoms with Crippen LogP contribution in [0.2, 0.25) is 0 Å². The van der Waals surface area contributed by atoms with E-state index in [2.05, 4.69) is 55.4 Å². The van der Waals surface area contributed by atoms with Gasteiger partial charge in [-0.1, -0.05) is 36.8 Å². The molecule has 1 unspecified atom stereocenters. The molecule has 1 fully saturated rings. The van der Waals surface area contributed by atoms with E-state index in [1.807, 2.05) is 0 Å². The summed E-state index contributed by atoms with van der Waals surface area (Å²) in [5.74, 6) is 0. The van der Waals surface area contributed by atoms with Crippen molar-refractivity contribution in [3.63, 3.8) is 0 Å². The lowest BCUT2D eigenvalue weighted by Crippen LogP contribution is -2.29. The summed E-state index contributed by atoms with van der Waals surface area (Å²) in [6, 6.07) is 10.4. The summed E-state index contributed by atoms with van der Waals surface area (Å²) < 4.78 is 0. The molecule has 19 heavy (non-hydrogen) atoms. The minimum Gasteiger partial charge on any atom is -0.310 e. The summed E-state index contributed by atoms with van der Waals surface area (Å²) in [6.07, 6.45) is 5.19. The Morgan fingerprint density at radius 1 is 1.26 bits per heavy atom. The van der Waals surface area contributed by atoms with Gasteiger partial charge in [-0.25, -0.2) is 0 Å². The van der Waals surface area contributed by atoms with Crippen LogP contribution in [0.3, 0.4) is 0 Å². The molecular formula is C17H28N2. The van der Waals surface area contributed by atoms with Crippen molar-refractivity contribution in [3.05, 3.63) is 35.4 Å². The Morgan fingerprint density at radius 2 is 1.95 bits per heavy atom. The highest BCUT2D eigenvalue weighted by Crippen LogP contribution is 2.26. The van der Waals surface area contributed by atoms with Gasteiger partial charge in [-0.15, -0.1) is 0 Å². The molecule has 1 N–H and O–H groups in total. The van der Waals surface area contributed by atoms with Gasteiger partial charge in [-0.3, -0.25) is 0 Å². The summed E-state index contributed by atoms with van der Waals surface area (Å²) in [7, 11) is 2.27. The highest BCUT2D eigenvalue weighted by atomic mass is 15.2. The molecule has 1 aromatic carbocycles. The standard InChI is InChI=1S/C17H28N2/c1-4-12-18-17(11-13-19(3)16-9-10-16)15-7-5-14(2)6-8-15/h5-8,16-18H,4,9-13H2,1-3H3. The topological polar surface area (TPSA) is 15.3 Å². The first-order chi connectivity index (χ1) is 9.20. The molecular weight excluding hydrogens is 232 g/mol. The van der Waals surface area contributed by atoms with Gasteiger partial charge in [-0.2, -0.15) is 0 Å². The predicted molar refractivity (Wildman–Crippen MR) is 82.5 cm³/mol. The van der Waals surface area contributed by atoms with Gasteiger partial charge in [-0.05, 0) is 58.3 Å². The molecule has 0 aliphatic heterocycles. The summed E-state index contributed by atoms with van der Waals surface area (Å²) in [6.45, 7) is 6.68. The van der Waals surface area contributed by atoms with Crippen LogP contribution in [0.15, 0.2) is 24.3 Å². The van der Waals surface area contributed by atoms with Crippen molar-refractivity contribution in [3.8, 4) is 0 Å². The Balaban J connectivity index is 1.91. The van der Waals surface area contributed by atoms with Crippen LogP contribution in [0.1, 0.15) is 49.8 Å². The number of rotatable bonds is 8. The first-order valence-electron chi connectivity index (χ1n) is 7.71. The minimum atomic E-state index is 0.502. The van der Waals surface area contributed by atoms with Crippen LogP contribution in [-0.2, 0) is 0 Å². The third-order valence-corrected chi connectivity index (χ3v) is 4.06. The maximum Gasteiger partial charge on any atom is 0.0332 e. The zero-order valence-corrected chi connectivity index (χ0v) is 12.7. The van der Waals surface area contributed by atoms with Crippen molar-refractivity contribution in [1.29, 1.82) is 0 Å². The summed E-state index contributed by atoms with van der Waals surface area (Å²) >= 11 is 0. The van der Waals surface area contributed by atoms with Crippen LogP contribution in [0.25, 0.3) is 0 Å². The van der Waals surface area contributed by atoms with Crippen molar-refractivity contribution >= 4 is 0 Å². The Bertz CT molecular complexity index is 367. The highest BCUT2D eigenvalue weighted by Gasteiger charge is 2.26. The number of nitrogens with one attached hydrogen (secondary N) is 1. The molecule has 0 radical (unpaired) electrons. The van der Waals surface area contributed by atoms with Gasteiger partial charge in [0.1, 0.15) is 0 Å². The van der Waals surface area contributed by atoms with Gasteiger partial charge in [0, 0.05) is 12.1 Å². The monoisotopic (exact) mass is 260 g/mol. The fourth-order valence-corrected chi connectivity index (χ4v) is 2.53. The zero-order chi connectivity index (χ0) is 13.7. The molecule has 0 amide bonds. The van der Waals surface area contributed by atoms with E-state index in [4.69, 9.17) is 0 Å². The normalized spacial score (nSPS) is 16.8. The van der Waals surface area contributed by atoms with Crippen LogP contribution < -0.4 is 5.32 Å². The lowest BCUT2D eigenvalue weighted by molar-refractivity contribution is 0.298. The first kappa shape index (κ1) is 14.5. The van der Waals surface area contributed by atoms with Crippen LogP contribution in [0.5, 0.6) is 0 Å². The number of aryl methyl sites for hydroxylation is 1. The zero-order valence-electron chi connectivity index (χ0n) is 12.7. The largest absolute Gasteiger partial charge is 0.310 e. The van der Waals surface area contributed by atoms with Crippen molar-refractivity contribution in [2.75, 3.05) is 20.1 Å². The van der Waals surface area contributed by atoms with Gasteiger partial charge in [0.25, 0.3) is 0 Å². The van der Waals surface area contributed by atoms with E-state index in [1.54, 1.807) is 0 Å². The van der Waals surface area contributed by atoms with E-state index in [0.717, 1.165) is 12.6 Å². The van der Waals surface area contributed by atoms with E-state index in [1.165, 1.54) is 43.4 Å². The molecule has 2 nitrogen and oxygen atoms in total. The molecule has 1 atom stereocenters. The maximum atomic E-state index is 3.69. The van der Waals surface area contributed by atoms with E-state index < -0.39 is 0 Å². The molecule has 1 aliphatic rings. The van der Waals surface area contributed by atoms with Crippen LogP contribution in [-0.4, -0.2) is 31.1 Å². The summed E-state index contributed by atoms with van der Waals surface area (Å²) in [5.41, 5.74) is 2.77. The molecule has 0 aromatic heterocycles. The molecule has 0 heterocycles. The van der Waals surface area contributed by atoms with Gasteiger partial charge in [0.2, 0.25) is 0 Å². The Hall–Kier alpha value is -0.860. The Labute approximate surface area is 118 Å². The van der Waals surface area contributed by atoms with Crippen molar-refractivity contribution in [2.45, 2.75) is 51.6 Å². The fourth-order valence-electron chi connectivity index (χ4n) is 2.53. The van der Waals surface area contributed by atoms with Gasteiger partial charge < -0.3 is 10.2 Å². The second-order valence-corrected chi connectivity index (χ2v) is 5.92. The third-order valence-electron chi connectivity index (χ3n) is 4.06. The number of nitrogens with zero attached hydrogens (tertiary/aromatic N) is 1. The molecule has 1 aliphatic carbocycles. The highest BCUT2D eigenvalue weighted by molar-refractivity contribution is 5.24. The third kappa shape index (κ3) is 4.63. The molecule has 0 spiro atoms. The van der Waals surface area contributed by atoms with E-state index in [-0.39, 0.29) is 0 Å². The first-order valence-corrected chi connectivity index (χ1v) is 7.71. The Kier molecular flexibility index (Phi) is 5.41. The number of benzene rings is 1. The number of hydrogen-bond acceptors (Lipinski definition) is 2. The van der Waals surface area contributed by atoms with Crippen molar-refractivity contribution in [1.82, 2.24) is 10.2 Å². The summed E-state index contributed by atoms with van der Waals surface area (Å²) in [4.78, 5) is 2.52. The van der Waals surface area contributed by atoms with Crippen LogP contribution in [0.4, 0.5) is 0 Å². The second-order valence-electron chi connectivity index (χ2n) is 5.92. The Morgan fingerprint density at radius 3 is 2.53 bits per heavy atom. The molecule has 0 saturated heterocycles. The minimum absolute atomic E-state index is 0.502. The predicted octanol–water partition coefficient (Wildman–Crippen LogP) is 3.52. The SMILES string of the molecule is CCCNC(CCN(C)C1CC1)c1ccc(C)cc1. The average molecular weight is 260 g/mol. The van der Waals surface area contributed by atoms with Gasteiger partial charge in [0.15, 0.2) is 0 Å².